The summed E-state index contributed by atoms with van der Waals surface area (Å²) in [7, 11) is 1.80. The Hall–Kier alpha value is -0.420. The molecular weight excluding hydrogens is 220 g/mol. The van der Waals surface area contributed by atoms with Gasteiger partial charge in [0.2, 0.25) is 0 Å². The third-order valence-corrected chi connectivity index (χ3v) is 4.27. The summed E-state index contributed by atoms with van der Waals surface area (Å²) in [5.41, 5.74) is 6.11. The second kappa shape index (κ2) is 5.77. The number of nitrogens with two attached hydrogens (primary N) is 1. The second-order valence-electron chi connectivity index (χ2n) is 4.34. The first kappa shape index (κ1) is 12.0. The van der Waals surface area contributed by atoms with Crippen LogP contribution in [0.2, 0.25) is 0 Å². The number of thiophene rings is 1. The van der Waals surface area contributed by atoms with Gasteiger partial charge in [-0.3, -0.25) is 0 Å². The maximum atomic E-state index is 6.11. The van der Waals surface area contributed by atoms with Gasteiger partial charge in [-0.05, 0) is 30.7 Å². The maximum absolute atomic E-state index is 6.11. The van der Waals surface area contributed by atoms with Crippen molar-refractivity contribution in [1.29, 1.82) is 0 Å². The van der Waals surface area contributed by atoms with Crippen LogP contribution in [0, 0.1) is 0 Å². The molecule has 1 aromatic rings. The predicted octanol–water partition coefficient (Wildman–Crippen LogP) is 1.91. The van der Waals surface area contributed by atoms with Crippen LogP contribution in [0.5, 0.6) is 0 Å². The standard InChI is InChI=1S/C12H20N2OS/c1-15-11-5-2-4-10(11)14-8-9(13)12-6-3-7-16-12/h3,6-7,9-11,14H,2,4-5,8,13H2,1H3. The molecule has 1 saturated carbocycles. The highest BCUT2D eigenvalue weighted by Gasteiger charge is 2.26. The highest BCUT2D eigenvalue weighted by molar-refractivity contribution is 7.10. The minimum absolute atomic E-state index is 0.109. The van der Waals surface area contributed by atoms with Crippen molar-refractivity contribution in [1.82, 2.24) is 5.32 Å². The molecule has 0 bridgehead atoms. The van der Waals surface area contributed by atoms with Crippen molar-refractivity contribution < 1.29 is 4.74 Å². The third-order valence-electron chi connectivity index (χ3n) is 3.26. The Labute approximate surface area is 101 Å². The van der Waals surface area contributed by atoms with E-state index in [4.69, 9.17) is 10.5 Å². The van der Waals surface area contributed by atoms with Crippen LogP contribution < -0.4 is 11.1 Å². The van der Waals surface area contributed by atoms with Gasteiger partial charge in [0, 0.05) is 24.6 Å². The summed E-state index contributed by atoms with van der Waals surface area (Å²) >= 11 is 1.72. The lowest BCUT2D eigenvalue weighted by atomic mass is 10.2. The summed E-state index contributed by atoms with van der Waals surface area (Å²) in [6.45, 7) is 0.838. The van der Waals surface area contributed by atoms with E-state index < -0.39 is 0 Å². The Kier molecular flexibility index (Phi) is 4.35. The van der Waals surface area contributed by atoms with Crippen molar-refractivity contribution in [2.45, 2.75) is 37.5 Å². The molecule has 1 aromatic heterocycles. The first-order chi connectivity index (χ1) is 7.81. The fourth-order valence-electron chi connectivity index (χ4n) is 2.32. The fourth-order valence-corrected chi connectivity index (χ4v) is 3.05. The fraction of sp³-hybridized carbons (Fsp3) is 0.667. The van der Waals surface area contributed by atoms with Crippen LogP contribution >= 0.6 is 11.3 Å². The zero-order valence-electron chi connectivity index (χ0n) is 9.69. The molecule has 4 heteroatoms. The molecule has 90 valence electrons. The van der Waals surface area contributed by atoms with Crippen LogP contribution in [0.25, 0.3) is 0 Å². The molecule has 1 aliphatic rings. The molecule has 0 spiro atoms. The summed E-state index contributed by atoms with van der Waals surface area (Å²) < 4.78 is 5.45. The van der Waals surface area contributed by atoms with E-state index in [-0.39, 0.29) is 6.04 Å². The van der Waals surface area contributed by atoms with E-state index in [0.29, 0.717) is 12.1 Å². The summed E-state index contributed by atoms with van der Waals surface area (Å²) in [6, 6.07) is 4.74. The lowest BCUT2D eigenvalue weighted by Crippen LogP contribution is -2.40. The van der Waals surface area contributed by atoms with Crippen molar-refractivity contribution in [3.05, 3.63) is 22.4 Å². The van der Waals surface area contributed by atoms with E-state index in [1.807, 2.05) is 6.07 Å². The average molecular weight is 240 g/mol. The molecule has 0 aliphatic heterocycles. The van der Waals surface area contributed by atoms with E-state index in [9.17, 15) is 0 Å². The Morgan fingerprint density at radius 1 is 1.62 bits per heavy atom. The Balaban J connectivity index is 1.78. The van der Waals surface area contributed by atoms with Crippen LogP contribution in [-0.4, -0.2) is 25.8 Å². The normalized spacial score (nSPS) is 27.1. The van der Waals surface area contributed by atoms with Crippen LogP contribution in [-0.2, 0) is 4.74 Å². The van der Waals surface area contributed by atoms with Gasteiger partial charge in [0.15, 0.2) is 0 Å². The first-order valence-electron chi connectivity index (χ1n) is 5.86. The van der Waals surface area contributed by atoms with Crippen molar-refractivity contribution >= 4 is 11.3 Å². The molecule has 3 unspecified atom stereocenters. The van der Waals surface area contributed by atoms with E-state index >= 15 is 0 Å². The molecular formula is C12H20N2OS. The van der Waals surface area contributed by atoms with Crippen LogP contribution in [0.4, 0.5) is 0 Å². The average Bonchev–Trinajstić information content (AvgIpc) is 2.96. The lowest BCUT2D eigenvalue weighted by molar-refractivity contribution is 0.0848. The van der Waals surface area contributed by atoms with Crippen molar-refractivity contribution in [2.75, 3.05) is 13.7 Å². The van der Waals surface area contributed by atoms with E-state index in [2.05, 4.69) is 16.8 Å². The lowest BCUT2D eigenvalue weighted by Gasteiger charge is -2.21. The van der Waals surface area contributed by atoms with Gasteiger partial charge < -0.3 is 15.8 Å². The number of rotatable bonds is 5. The molecule has 3 N–H and O–H groups in total. The molecule has 3 atom stereocenters. The second-order valence-corrected chi connectivity index (χ2v) is 5.32. The topological polar surface area (TPSA) is 47.3 Å². The summed E-state index contributed by atoms with van der Waals surface area (Å²) in [4.78, 5) is 1.25. The van der Waals surface area contributed by atoms with Gasteiger partial charge in [-0.2, -0.15) is 0 Å². The van der Waals surface area contributed by atoms with Crippen molar-refractivity contribution in [3.8, 4) is 0 Å². The molecule has 1 heterocycles. The zero-order valence-corrected chi connectivity index (χ0v) is 10.5. The molecule has 1 fully saturated rings. The Bertz CT molecular complexity index is 302. The first-order valence-corrected chi connectivity index (χ1v) is 6.74. The van der Waals surface area contributed by atoms with Crippen molar-refractivity contribution in [2.24, 2.45) is 5.73 Å². The molecule has 2 rings (SSSR count). The molecule has 0 radical (unpaired) electrons. The molecule has 16 heavy (non-hydrogen) atoms. The van der Waals surface area contributed by atoms with Crippen LogP contribution in [0.15, 0.2) is 17.5 Å². The molecule has 0 amide bonds. The van der Waals surface area contributed by atoms with Crippen LogP contribution in [0.3, 0.4) is 0 Å². The predicted molar refractivity (Wildman–Crippen MR) is 67.7 cm³/mol. The Morgan fingerprint density at radius 3 is 3.19 bits per heavy atom. The SMILES string of the molecule is COC1CCCC1NCC(N)c1cccs1. The van der Waals surface area contributed by atoms with E-state index in [1.165, 1.54) is 24.1 Å². The number of nitrogens with one attached hydrogen (secondary N) is 1. The molecule has 0 saturated heterocycles. The van der Waals surface area contributed by atoms with Gasteiger partial charge >= 0.3 is 0 Å². The van der Waals surface area contributed by atoms with Crippen molar-refractivity contribution in [3.63, 3.8) is 0 Å². The van der Waals surface area contributed by atoms with Gasteiger partial charge in [-0.1, -0.05) is 6.07 Å². The quantitative estimate of drug-likeness (QED) is 0.826. The number of ether oxygens (including phenoxy) is 1. The van der Waals surface area contributed by atoms with E-state index in [1.54, 1.807) is 18.4 Å². The van der Waals surface area contributed by atoms with Gasteiger partial charge in [0.25, 0.3) is 0 Å². The molecule has 3 nitrogen and oxygen atoms in total. The third kappa shape index (κ3) is 2.83. The number of hydrogen-bond donors (Lipinski definition) is 2. The van der Waals surface area contributed by atoms with Gasteiger partial charge in [-0.15, -0.1) is 11.3 Å². The minimum Gasteiger partial charge on any atom is -0.380 e. The monoisotopic (exact) mass is 240 g/mol. The number of hydrogen-bond acceptors (Lipinski definition) is 4. The van der Waals surface area contributed by atoms with E-state index in [0.717, 1.165) is 6.54 Å². The van der Waals surface area contributed by atoms with Gasteiger partial charge in [0.1, 0.15) is 0 Å². The van der Waals surface area contributed by atoms with Crippen LogP contribution in [0.1, 0.15) is 30.2 Å². The summed E-state index contributed by atoms with van der Waals surface area (Å²) in [5.74, 6) is 0. The number of methoxy groups -OCH3 is 1. The molecule has 1 aliphatic carbocycles. The smallest absolute Gasteiger partial charge is 0.0724 e. The largest absolute Gasteiger partial charge is 0.380 e. The summed E-state index contributed by atoms with van der Waals surface area (Å²) in [5, 5.41) is 5.60. The highest BCUT2D eigenvalue weighted by atomic mass is 32.1. The highest BCUT2D eigenvalue weighted by Crippen LogP contribution is 2.22. The van der Waals surface area contributed by atoms with Gasteiger partial charge in [-0.25, -0.2) is 0 Å². The summed E-state index contributed by atoms with van der Waals surface area (Å²) in [6.07, 6.45) is 4.00. The zero-order chi connectivity index (χ0) is 11.4. The Morgan fingerprint density at radius 2 is 2.50 bits per heavy atom. The minimum atomic E-state index is 0.109. The maximum Gasteiger partial charge on any atom is 0.0724 e. The molecule has 0 aromatic carbocycles. The van der Waals surface area contributed by atoms with Gasteiger partial charge in [0.05, 0.1) is 12.1 Å².